The average Bonchev–Trinajstić information content (AvgIpc) is 2.93. The number of carbonyl (C=O) groups is 1. The minimum Gasteiger partial charge on any atom is -0.493 e. The summed E-state index contributed by atoms with van der Waals surface area (Å²) >= 11 is 5.71. The summed E-state index contributed by atoms with van der Waals surface area (Å²) < 4.78 is 5.42. The van der Waals surface area contributed by atoms with Crippen LogP contribution in [0.3, 0.4) is 0 Å². The van der Waals surface area contributed by atoms with Crippen LogP contribution in [0.15, 0.2) is 36.5 Å². The Labute approximate surface area is 121 Å². The molecule has 1 amide bonds. The number of hydrogen-bond acceptors (Lipinski definition) is 3. The molecule has 20 heavy (non-hydrogen) atoms. The zero-order chi connectivity index (χ0) is 13.9. The van der Waals surface area contributed by atoms with E-state index in [0.717, 1.165) is 23.3 Å². The SMILES string of the molecule is O=C(NCc1ccc(Cl)nc1)c1ccc2c(c1)CCO2. The number of benzene rings is 1. The molecule has 0 atom stereocenters. The molecule has 4 nitrogen and oxygen atoms in total. The molecule has 1 aliphatic rings. The molecule has 0 bridgehead atoms. The maximum Gasteiger partial charge on any atom is 0.251 e. The number of rotatable bonds is 3. The van der Waals surface area contributed by atoms with Gasteiger partial charge in [-0.3, -0.25) is 4.79 Å². The predicted molar refractivity (Wildman–Crippen MR) is 76.1 cm³/mol. The molecule has 5 heteroatoms. The summed E-state index contributed by atoms with van der Waals surface area (Å²) in [6.45, 7) is 1.12. The van der Waals surface area contributed by atoms with E-state index in [0.29, 0.717) is 23.9 Å². The van der Waals surface area contributed by atoms with Crippen LogP contribution in [-0.4, -0.2) is 17.5 Å². The molecule has 3 rings (SSSR count). The van der Waals surface area contributed by atoms with Gasteiger partial charge >= 0.3 is 0 Å². The third-order valence-electron chi connectivity index (χ3n) is 3.19. The third kappa shape index (κ3) is 2.75. The molecule has 0 spiro atoms. The number of hydrogen-bond donors (Lipinski definition) is 1. The lowest BCUT2D eigenvalue weighted by Gasteiger charge is -2.06. The maximum atomic E-state index is 12.1. The third-order valence-corrected chi connectivity index (χ3v) is 3.42. The fraction of sp³-hybridized carbons (Fsp3) is 0.200. The van der Waals surface area contributed by atoms with E-state index >= 15 is 0 Å². The van der Waals surface area contributed by atoms with Gasteiger partial charge in [0, 0.05) is 24.7 Å². The van der Waals surface area contributed by atoms with Crippen molar-refractivity contribution in [1.29, 1.82) is 0 Å². The zero-order valence-corrected chi connectivity index (χ0v) is 11.5. The zero-order valence-electron chi connectivity index (χ0n) is 10.7. The van der Waals surface area contributed by atoms with E-state index < -0.39 is 0 Å². The first-order valence-corrected chi connectivity index (χ1v) is 6.74. The molecule has 102 valence electrons. The summed E-state index contributed by atoms with van der Waals surface area (Å²) in [7, 11) is 0. The molecule has 0 fully saturated rings. The molecule has 0 aliphatic carbocycles. The lowest BCUT2D eigenvalue weighted by molar-refractivity contribution is 0.0951. The van der Waals surface area contributed by atoms with E-state index in [1.807, 2.05) is 18.2 Å². The summed E-state index contributed by atoms with van der Waals surface area (Å²) in [6.07, 6.45) is 2.51. The van der Waals surface area contributed by atoms with Crippen LogP contribution in [0.2, 0.25) is 5.15 Å². The number of nitrogens with zero attached hydrogens (tertiary/aromatic N) is 1. The van der Waals surface area contributed by atoms with E-state index in [1.54, 1.807) is 18.3 Å². The Morgan fingerprint density at radius 3 is 3.05 bits per heavy atom. The van der Waals surface area contributed by atoms with Gasteiger partial charge in [0.2, 0.25) is 0 Å². The van der Waals surface area contributed by atoms with Gasteiger partial charge in [-0.1, -0.05) is 17.7 Å². The molecular formula is C15H13ClN2O2. The van der Waals surface area contributed by atoms with Crippen LogP contribution in [0.1, 0.15) is 21.5 Å². The molecule has 1 aliphatic heterocycles. The maximum absolute atomic E-state index is 12.1. The van der Waals surface area contributed by atoms with Gasteiger partial charge in [-0.05, 0) is 35.4 Å². The molecule has 1 aromatic carbocycles. The van der Waals surface area contributed by atoms with Crippen LogP contribution in [0.25, 0.3) is 0 Å². The molecule has 2 aromatic rings. The Kier molecular flexibility index (Phi) is 3.56. The minimum atomic E-state index is -0.102. The first-order chi connectivity index (χ1) is 9.72. The van der Waals surface area contributed by atoms with Crippen LogP contribution >= 0.6 is 11.6 Å². The largest absolute Gasteiger partial charge is 0.493 e. The molecule has 1 N–H and O–H groups in total. The normalized spacial score (nSPS) is 12.7. The quantitative estimate of drug-likeness (QED) is 0.883. The Hall–Kier alpha value is -2.07. The van der Waals surface area contributed by atoms with Crippen molar-refractivity contribution in [2.75, 3.05) is 6.61 Å². The van der Waals surface area contributed by atoms with E-state index in [-0.39, 0.29) is 5.91 Å². The highest BCUT2D eigenvalue weighted by Crippen LogP contribution is 2.25. The molecule has 0 saturated heterocycles. The Morgan fingerprint density at radius 1 is 1.35 bits per heavy atom. The van der Waals surface area contributed by atoms with Crippen molar-refractivity contribution in [3.63, 3.8) is 0 Å². The van der Waals surface area contributed by atoms with Gasteiger partial charge in [0.05, 0.1) is 6.61 Å². The lowest BCUT2D eigenvalue weighted by Crippen LogP contribution is -2.22. The highest BCUT2D eigenvalue weighted by atomic mass is 35.5. The number of halogens is 1. The number of fused-ring (bicyclic) bond motifs is 1. The summed E-state index contributed by atoms with van der Waals surface area (Å²) in [5, 5.41) is 3.31. The second-order valence-corrected chi connectivity index (χ2v) is 4.98. The van der Waals surface area contributed by atoms with Crippen molar-refractivity contribution >= 4 is 17.5 Å². The van der Waals surface area contributed by atoms with Crippen LogP contribution in [-0.2, 0) is 13.0 Å². The monoisotopic (exact) mass is 288 g/mol. The summed E-state index contributed by atoms with van der Waals surface area (Å²) in [4.78, 5) is 16.1. The molecule has 0 unspecified atom stereocenters. The van der Waals surface area contributed by atoms with Gasteiger partial charge < -0.3 is 10.1 Å². The predicted octanol–water partition coefficient (Wildman–Crippen LogP) is 2.60. The van der Waals surface area contributed by atoms with Crippen molar-refractivity contribution in [2.24, 2.45) is 0 Å². The molecule has 1 aromatic heterocycles. The number of nitrogens with one attached hydrogen (secondary N) is 1. The topological polar surface area (TPSA) is 51.2 Å². The Morgan fingerprint density at radius 2 is 2.25 bits per heavy atom. The van der Waals surface area contributed by atoms with Crippen molar-refractivity contribution in [2.45, 2.75) is 13.0 Å². The smallest absolute Gasteiger partial charge is 0.251 e. The van der Waals surface area contributed by atoms with Gasteiger partial charge in [-0.15, -0.1) is 0 Å². The molecule has 0 radical (unpaired) electrons. The van der Waals surface area contributed by atoms with Crippen LogP contribution in [0.5, 0.6) is 5.75 Å². The lowest BCUT2D eigenvalue weighted by atomic mass is 10.1. The number of aromatic nitrogens is 1. The second-order valence-electron chi connectivity index (χ2n) is 4.59. The van der Waals surface area contributed by atoms with E-state index in [4.69, 9.17) is 16.3 Å². The number of amides is 1. The minimum absolute atomic E-state index is 0.102. The first-order valence-electron chi connectivity index (χ1n) is 6.37. The van der Waals surface area contributed by atoms with Gasteiger partial charge in [0.1, 0.15) is 10.9 Å². The summed E-state index contributed by atoms with van der Waals surface area (Å²) in [5.41, 5.74) is 2.65. The standard InChI is InChI=1S/C15H13ClN2O2/c16-14-4-1-10(8-17-14)9-18-15(19)12-2-3-13-11(7-12)5-6-20-13/h1-4,7-8H,5-6,9H2,(H,18,19). The van der Waals surface area contributed by atoms with Gasteiger partial charge in [0.15, 0.2) is 0 Å². The molecule has 2 heterocycles. The van der Waals surface area contributed by atoms with Crippen molar-refractivity contribution in [3.8, 4) is 5.75 Å². The summed E-state index contributed by atoms with van der Waals surface area (Å²) in [6, 6.07) is 9.06. The van der Waals surface area contributed by atoms with Gasteiger partial charge in [-0.25, -0.2) is 4.98 Å². The fourth-order valence-electron chi connectivity index (χ4n) is 2.12. The van der Waals surface area contributed by atoms with E-state index in [2.05, 4.69) is 10.3 Å². The van der Waals surface area contributed by atoms with Gasteiger partial charge in [-0.2, -0.15) is 0 Å². The number of pyridine rings is 1. The van der Waals surface area contributed by atoms with Crippen molar-refractivity contribution in [1.82, 2.24) is 10.3 Å². The van der Waals surface area contributed by atoms with Crippen LogP contribution < -0.4 is 10.1 Å². The molecular weight excluding hydrogens is 276 g/mol. The number of ether oxygens (including phenoxy) is 1. The second kappa shape index (κ2) is 5.51. The molecule has 0 saturated carbocycles. The fourth-order valence-corrected chi connectivity index (χ4v) is 2.24. The van der Waals surface area contributed by atoms with Crippen molar-refractivity contribution < 1.29 is 9.53 Å². The van der Waals surface area contributed by atoms with Crippen LogP contribution in [0, 0.1) is 0 Å². The van der Waals surface area contributed by atoms with Gasteiger partial charge in [0.25, 0.3) is 5.91 Å². The highest BCUT2D eigenvalue weighted by Gasteiger charge is 2.14. The Balaban J connectivity index is 1.66. The first kappa shape index (κ1) is 12.9. The number of carbonyl (C=O) groups excluding carboxylic acids is 1. The highest BCUT2D eigenvalue weighted by molar-refractivity contribution is 6.29. The Bertz CT molecular complexity index is 641. The van der Waals surface area contributed by atoms with Crippen molar-refractivity contribution in [3.05, 3.63) is 58.4 Å². The van der Waals surface area contributed by atoms with Crippen LogP contribution in [0.4, 0.5) is 0 Å². The average molecular weight is 289 g/mol. The van der Waals surface area contributed by atoms with E-state index in [1.165, 1.54) is 0 Å². The summed E-state index contributed by atoms with van der Waals surface area (Å²) in [5.74, 6) is 0.776. The van der Waals surface area contributed by atoms with E-state index in [9.17, 15) is 4.79 Å².